The van der Waals surface area contributed by atoms with Crippen LogP contribution in [0.15, 0.2) is 29.2 Å². The van der Waals surface area contributed by atoms with Gasteiger partial charge in [-0.15, -0.1) is 0 Å². The van der Waals surface area contributed by atoms with E-state index in [-0.39, 0.29) is 10.9 Å². The Labute approximate surface area is 101 Å². The van der Waals surface area contributed by atoms with Gasteiger partial charge in [0, 0.05) is 12.6 Å². The third-order valence-electron chi connectivity index (χ3n) is 2.66. The maximum absolute atomic E-state index is 12.0. The van der Waals surface area contributed by atoms with Crippen molar-refractivity contribution in [2.75, 3.05) is 13.1 Å². The maximum atomic E-state index is 12.0. The Kier molecular flexibility index (Phi) is 3.43. The van der Waals surface area contributed by atoms with Crippen molar-refractivity contribution in [2.24, 2.45) is 0 Å². The van der Waals surface area contributed by atoms with Gasteiger partial charge in [0.15, 0.2) is 0 Å². The standard InChI is InChI=1S/C11H13N3O2S/c12-7-9-2-1-3-11(6-9)17(15,16)14-10-4-5-13-8-10/h1-3,6,10,13-14H,4-5,8H2. The Hall–Kier alpha value is -1.42. The highest BCUT2D eigenvalue weighted by Crippen LogP contribution is 2.12. The van der Waals surface area contributed by atoms with Gasteiger partial charge in [0.05, 0.1) is 16.5 Å². The minimum Gasteiger partial charge on any atom is -0.315 e. The topological polar surface area (TPSA) is 82.0 Å². The van der Waals surface area contributed by atoms with Gasteiger partial charge in [-0.3, -0.25) is 0 Å². The zero-order chi connectivity index (χ0) is 12.3. The largest absolute Gasteiger partial charge is 0.315 e. The molecule has 0 amide bonds. The summed E-state index contributed by atoms with van der Waals surface area (Å²) in [5, 5.41) is 11.8. The average Bonchev–Trinajstić information content (AvgIpc) is 2.81. The highest BCUT2D eigenvalue weighted by atomic mass is 32.2. The van der Waals surface area contributed by atoms with E-state index >= 15 is 0 Å². The predicted octanol–water partition coefficient (Wildman–Crippen LogP) is 0.198. The summed E-state index contributed by atoms with van der Waals surface area (Å²) in [7, 11) is -3.52. The summed E-state index contributed by atoms with van der Waals surface area (Å²) in [5.41, 5.74) is 0.345. The average molecular weight is 251 g/mol. The fourth-order valence-electron chi connectivity index (χ4n) is 1.78. The molecule has 90 valence electrons. The summed E-state index contributed by atoms with van der Waals surface area (Å²) in [6.45, 7) is 1.47. The van der Waals surface area contributed by atoms with Crippen molar-refractivity contribution in [3.8, 4) is 6.07 Å². The Morgan fingerprint density at radius 1 is 1.47 bits per heavy atom. The van der Waals surface area contributed by atoms with E-state index in [0.29, 0.717) is 12.1 Å². The molecule has 1 aliphatic rings. The Morgan fingerprint density at radius 3 is 2.94 bits per heavy atom. The Bertz CT molecular complexity index is 542. The smallest absolute Gasteiger partial charge is 0.240 e. The van der Waals surface area contributed by atoms with Crippen LogP contribution in [-0.2, 0) is 10.0 Å². The van der Waals surface area contributed by atoms with E-state index in [9.17, 15) is 8.42 Å². The Balaban J connectivity index is 2.22. The Morgan fingerprint density at radius 2 is 2.29 bits per heavy atom. The monoisotopic (exact) mass is 251 g/mol. The molecule has 1 aromatic rings. The van der Waals surface area contributed by atoms with Crippen LogP contribution in [0.25, 0.3) is 0 Å². The molecule has 1 unspecified atom stereocenters. The van der Waals surface area contributed by atoms with Gasteiger partial charge >= 0.3 is 0 Å². The van der Waals surface area contributed by atoms with E-state index in [1.807, 2.05) is 6.07 Å². The molecule has 1 saturated heterocycles. The molecule has 0 aromatic heterocycles. The zero-order valence-corrected chi connectivity index (χ0v) is 10.00. The molecular weight excluding hydrogens is 238 g/mol. The first-order valence-corrected chi connectivity index (χ1v) is 6.83. The quantitative estimate of drug-likeness (QED) is 0.804. The lowest BCUT2D eigenvalue weighted by atomic mass is 10.2. The lowest BCUT2D eigenvalue weighted by Gasteiger charge is -2.11. The number of nitrogens with zero attached hydrogens (tertiary/aromatic N) is 1. The van der Waals surface area contributed by atoms with Crippen LogP contribution < -0.4 is 10.0 Å². The van der Waals surface area contributed by atoms with Gasteiger partial charge in [-0.2, -0.15) is 5.26 Å². The number of rotatable bonds is 3. The van der Waals surface area contributed by atoms with E-state index in [4.69, 9.17) is 5.26 Å². The zero-order valence-electron chi connectivity index (χ0n) is 9.18. The molecule has 0 spiro atoms. The number of nitriles is 1. The second kappa shape index (κ2) is 4.84. The second-order valence-corrected chi connectivity index (χ2v) is 5.66. The van der Waals surface area contributed by atoms with Gasteiger partial charge in [-0.25, -0.2) is 13.1 Å². The van der Waals surface area contributed by atoms with Crippen LogP contribution in [-0.4, -0.2) is 27.5 Å². The van der Waals surface area contributed by atoms with Crippen molar-refractivity contribution >= 4 is 10.0 Å². The van der Waals surface area contributed by atoms with Crippen molar-refractivity contribution in [3.05, 3.63) is 29.8 Å². The van der Waals surface area contributed by atoms with Gasteiger partial charge in [0.25, 0.3) is 0 Å². The SMILES string of the molecule is N#Cc1cccc(S(=O)(=O)NC2CCNC2)c1. The fraction of sp³-hybridized carbons (Fsp3) is 0.364. The molecule has 1 heterocycles. The highest BCUT2D eigenvalue weighted by molar-refractivity contribution is 7.89. The van der Waals surface area contributed by atoms with E-state index in [1.165, 1.54) is 12.1 Å². The van der Waals surface area contributed by atoms with E-state index in [1.54, 1.807) is 12.1 Å². The maximum Gasteiger partial charge on any atom is 0.240 e. The minimum atomic E-state index is -3.52. The van der Waals surface area contributed by atoms with Crippen molar-refractivity contribution in [1.29, 1.82) is 5.26 Å². The summed E-state index contributed by atoms with van der Waals surface area (Å²) in [4.78, 5) is 0.142. The minimum absolute atomic E-state index is 0.0641. The fourth-order valence-corrected chi connectivity index (χ4v) is 3.09. The van der Waals surface area contributed by atoms with Crippen LogP contribution in [0.5, 0.6) is 0 Å². The molecule has 1 atom stereocenters. The highest BCUT2D eigenvalue weighted by Gasteiger charge is 2.22. The lowest BCUT2D eigenvalue weighted by molar-refractivity contribution is 0.560. The van der Waals surface area contributed by atoms with Gasteiger partial charge < -0.3 is 5.32 Å². The van der Waals surface area contributed by atoms with Crippen molar-refractivity contribution in [2.45, 2.75) is 17.4 Å². The number of nitrogens with one attached hydrogen (secondary N) is 2. The van der Waals surface area contributed by atoms with Crippen LogP contribution in [0, 0.1) is 11.3 Å². The van der Waals surface area contributed by atoms with Gasteiger partial charge in [0.2, 0.25) is 10.0 Å². The van der Waals surface area contributed by atoms with Gasteiger partial charge in [-0.05, 0) is 31.2 Å². The van der Waals surface area contributed by atoms with Crippen LogP contribution in [0.3, 0.4) is 0 Å². The third kappa shape index (κ3) is 2.82. The second-order valence-electron chi connectivity index (χ2n) is 3.95. The summed E-state index contributed by atoms with van der Waals surface area (Å²) in [5.74, 6) is 0. The molecule has 1 aliphatic heterocycles. The number of sulfonamides is 1. The molecule has 0 aliphatic carbocycles. The first-order chi connectivity index (χ1) is 8.12. The summed E-state index contributed by atoms with van der Waals surface area (Å²) >= 11 is 0. The van der Waals surface area contributed by atoms with E-state index in [2.05, 4.69) is 10.0 Å². The molecule has 0 radical (unpaired) electrons. The lowest BCUT2D eigenvalue weighted by Crippen LogP contribution is -2.36. The van der Waals surface area contributed by atoms with Crippen molar-refractivity contribution < 1.29 is 8.42 Å². The molecule has 2 rings (SSSR count). The van der Waals surface area contributed by atoms with Gasteiger partial charge in [0.1, 0.15) is 0 Å². The molecule has 1 fully saturated rings. The molecule has 6 heteroatoms. The number of hydrogen-bond acceptors (Lipinski definition) is 4. The third-order valence-corrected chi connectivity index (χ3v) is 4.17. The number of hydrogen-bond donors (Lipinski definition) is 2. The molecule has 1 aromatic carbocycles. The van der Waals surface area contributed by atoms with Crippen LogP contribution >= 0.6 is 0 Å². The van der Waals surface area contributed by atoms with Crippen LogP contribution in [0.4, 0.5) is 0 Å². The first kappa shape index (κ1) is 12.0. The predicted molar refractivity (Wildman–Crippen MR) is 62.8 cm³/mol. The molecule has 2 N–H and O–H groups in total. The molecular formula is C11H13N3O2S. The molecule has 0 saturated carbocycles. The first-order valence-electron chi connectivity index (χ1n) is 5.35. The summed E-state index contributed by atoms with van der Waals surface area (Å²) in [6.07, 6.45) is 0.789. The molecule has 17 heavy (non-hydrogen) atoms. The normalized spacial score (nSPS) is 20.1. The summed E-state index contributed by atoms with van der Waals surface area (Å²) < 4.78 is 26.6. The van der Waals surface area contributed by atoms with E-state index < -0.39 is 10.0 Å². The molecule has 0 bridgehead atoms. The summed E-state index contributed by atoms with van der Waals surface area (Å²) in [6, 6.07) is 7.88. The molecule has 5 nitrogen and oxygen atoms in total. The number of benzene rings is 1. The van der Waals surface area contributed by atoms with E-state index in [0.717, 1.165) is 13.0 Å². The van der Waals surface area contributed by atoms with Crippen LogP contribution in [0.2, 0.25) is 0 Å². The van der Waals surface area contributed by atoms with Crippen molar-refractivity contribution in [3.63, 3.8) is 0 Å². The van der Waals surface area contributed by atoms with Crippen molar-refractivity contribution in [1.82, 2.24) is 10.0 Å². The van der Waals surface area contributed by atoms with Gasteiger partial charge in [-0.1, -0.05) is 6.07 Å². The van der Waals surface area contributed by atoms with Crippen LogP contribution in [0.1, 0.15) is 12.0 Å².